The number of likely N-dealkylation sites (tertiary alicyclic amines) is 1. The number of hydrogen-bond acceptors (Lipinski definition) is 3. The Kier molecular flexibility index (Phi) is 4.53. The Hall–Kier alpha value is -1.84. The molecule has 1 aliphatic heterocycles. The van der Waals surface area contributed by atoms with Crippen LogP contribution in [0.15, 0.2) is 36.7 Å². The summed E-state index contributed by atoms with van der Waals surface area (Å²) in [5, 5.41) is 0. The molecule has 1 amide bonds. The van der Waals surface area contributed by atoms with Gasteiger partial charge in [-0.3, -0.25) is 9.78 Å². The third-order valence-electron chi connectivity index (χ3n) is 4.30. The van der Waals surface area contributed by atoms with Crippen molar-refractivity contribution in [2.75, 3.05) is 13.1 Å². The van der Waals surface area contributed by atoms with Gasteiger partial charge in [-0.2, -0.15) is 0 Å². The molecule has 112 valence electrons. The minimum Gasteiger partial charge on any atom is -0.490 e. The van der Waals surface area contributed by atoms with Gasteiger partial charge in [0.1, 0.15) is 11.9 Å². The van der Waals surface area contributed by atoms with Crippen molar-refractivity contribution in [1.29, 1.82) is 0 Å². The zero-order chi connectivity index (χ0) is 14.5. The standard InChI is InChI=1S/C17H22N2O2/c20-17(13-14-3-1-2-4-14)19-11-7-16(8-12-19)21-15-5-9-18-10-6-15/h1,3,5-6,9-10,14,16H,2,4,7-8,11-13H2/t14-/m0/s1. The molecule has 1 atom stereocenters. The van der Waals surface area contributed by atoms with Crippen molar-refractivity contribution in [2.24, 2.45) is 5.92 Å². The molecule has 1 aliphatic carbocycles. The van der Waals surface area contributed by atoms with Gasteiger partial charge in [0.15, 0.2) is 0 Å². The molecule has 0 N–H and O–H groups in total. The first-order valence-corrected chi connectivity index (χ1v) is 7.82. The fourth-order valence-electron chi connectivity index (χ4n) is 3.05. The molecular formula is C17H22N2O2. The van der Waals surface area contributed by atoms with E-state index >= 15 is 0 Å². The molecule has 0 spiro atoms. The number of nitrogens with zero attached hydrogens (tertiary/aromatic N) is 2. The number of rotatable bonds is 4. The van der Waals surface area contributed by atoms with E-state index in [1.165, 1.54) is 0 Å². The second-order valence-corrected chi connectivity index (χ2v) is 5.85. The lowest BCUT2D eigenvalue weighted by molar-refractivity contribution is -0.133. The summed E-state index contributed by atoms with van der Waals surface area (Å²) in [6.45, 7) is 1.62. The van der Waals surface area contributed by atoms with E-state index in [4.69, 9.17) is 4.74 Å². The Balaban J connectivity index is 1.44. The summed E-state index contributed by atoms with van der Waals surface area (Å²) in [6, 6.07) is 3.76. The van der Waals surface area contributed by atoms with Crippen molar-refractivity contribution in [3.8, 4) is 5.75 Å². The smallest absolute Gasteiger partial charge is 0.223 e. The second-order valence-electron chi connectivity index (χ2n) is 5.85. The van der Waals surface area contributed by atoms with Crippen molar-refractivity contribution in [3.63, 3.8) is 0 Å². The van der Waals surface area contributed by atoms with Crippen molar-refractivity contribution < 1.29 is 9.53 Å². The maximum atomic E-state index is 12.3. The second kappa shape index (κ2) is 6.74. The highest BCUT2D eigenvalue weighted by Gasteiger charge is 2.25. The Morgan fingerprint density at radius 2 is 2.00 bits per heavy atom. The van der Waals surface area contributed by atoms with Gasteiger partial charge in [0.2, 0.25) is 5.91 Å². The molecule has 21 heavy (non-hydrogen) atoms. The van der Waals surface area contributed by atoms with Crippen molar-refractivity contribution in [2.45, 2.75) is 38.2 Å². The van der Waals surface area contributed by atoms with E-state index in [-0.39, 0.29) is 6.10 Å². The number of carbonyl (C=O) groups excluding carboxylic acids is 1. The summed E-state index contributed by atoms with van der Waals surface area (Å²) in [5.74, 6) is 1.63. The van der Waals surface area contributed by atoms with Crippen LogP contribution in [0.3, 0.4) is 0 Å². The first kappa shape index (κ1) is 14.1. The number of allylic oxidation sites excluding steroid dienone is 2. The molecule has 0 aromatic carbocycles. The van der Waals surface area contributed by atoms with Crippen LogP contribution in [0, 0.1) is 5.92 Å². The number of amides is 1. The third-order valence-corrected chi connectivity index (χ3v) is 4.30. The lowest BCUT2D eigenvalue weighted by Gasteiger charge is -2.32. The summed E-state index contributed by atoms with van der Waals surface area (Å²) >= 11 is 0. The molecule has 1 aromatic rings. The van der Waals surface area contributed by atoms with E-state index in [9.17, 15) is 4.79 Å². The van der Waals surface area contributed by atoms with Crippen molar-refractivity contribution >= 4 is 5.91 Å². The van der Waals surface area contributed by atoms with Crippen LogP contribution in [0.1, 0.15) is 32.1 Å². The zero-order valence-corrected chi connectivity index (χ0v) is 12.3. The minimum absolute atomic E-state index is 0.211. The van der Waals surface area contributed by atoms with E-state index in [0.29, 0.717) is 18.2 Å². The fourth-order valence-corrected chi connectivity index (χ4v) is 3.05. The highest BCUT2D eigenvalue weighted by Crippen LogP contribution is 2.23. The quantitative estimate of drug-likeness (QED) is 0.799. The topological polar surface area (TPSA) is 42.4 Å². The minimum atomic E-state index is 0.211. The van der Waals surface area contributed by atoms with Crippen LogP contribution in [0.4, 0.5) is 0 Å². The first-order valence-electron chi connectivity index (χ1n) is 7.82. The number of ether oxygens (including phenoxy) is 1. The Morgan fingerprint density at radius 3 is 2.67 bits per heavy atom. The van der Waals surface area contributed by atoms with Gasteiger partial charge in [-0.15, -0.1) is 0 Å². The van der Waals surface area contributed by atoms with Gasteiger partial charge in [-0.25, -0.2) is 0 Å². The average Bonchev–Trinajstić information content (AvgIpc) is 3.02. The number of aromatic nitrogens is 1. The highest BCUT2D eigenvalue weighted by atomic mass is 16.5. The largest absolute Gasteiger partial charge is 0.490 e. The predicted octanol–water partition coefficient (Wildman–Crippen LogP) is 2.81. The van der Waals surface area contributed by atoms with Crippen molar-refractivity contribution in [1.82, 2.24) is 9.88 Å². The molecule has 2 heterocycles. The Morgan fingerprint density at radius 1 is 1.24 bits per heavy atom. The molecule has 0 saturated carbocycles. The summed E-state index contributed by atoms with van der Waals surface area (Å²) in [6.07, 6.45) is 12.8. The van der Waals surface area contributed by atoms with E-state index in [1.807, 2.05) is 17.0 Å². The monoisotopic (exact) mass is 286 g/mol. The lowest BCUT2D eigenvalue weighted by Crippen LogP contribution is -2.42. The molecule has 4 nitrogen and oxygen atoms in total. The van der Waals surface area contributed by atoms with E-state index < -0.39 is 0 Å². The van der Waals surface area contributed by atoms with Gasteiger partial charge >= 0.3 is 0 Å². The molecule has 1 fully saturated rings. The molecule has 0 radical (unpaired) electrons. The van der Waals surface area contributed by atoms with E-state index in [0.717, 1.165) is 44.5 Å². The highest BCUT2D eigenvalue weighted by molar-refractivity contribution is 5.76. The van der Waals surface area contributed by atoms with Crippen LogP contribution in [0.5, 0.6) is 5.75 Å². The third kappa shape index (κ3) is 3.84. The van der Waals surface area contributed by atoms with E-state index in [2.05, 4.69) is 17.1 Å². The van der Waals surface area contributed by atoms with Crippen LogP contribution in [-0.2, 0) is 4.79 Å². The molecule has 4 heteroatoms. The van der Waals surface area contributed by atoms with Crippen LogP contribution in [-0.4, -0.2) is 35.0 Å². The summed E-state index contributed by atoms with van der Waals surface area (Å²) in [4.78, 5) is 18.2. The summed E-state index contributed by atoms with van der Waals surface area (Å²) in [5.41, 5.74) is 0. The van der Waals surface area contributed by atoms with Crippen LogP contribution >= 0.6 is 0 Å². The van der Waals surface area contributed by atoms with Gasteiger partial charge in [0.05, 0.1) is 0 Å². The average molecular weight is 286 g/mol. The van der Waals surface area contributed by atoms with Crippen LogP contribution in [0.2, 0.25) is 0 Å². The molecule has 0 unspecified atom stereocenters. The maximum Gasteiger partial charge on any atom is 0.223 e. The van der Waals surface area contributed by atoms with E-state index in [1.54, 1.807) is 12.4 Å². The Labute approximate surface area is 125 Å². The number of piperidine rings is 1. The molecule has 1 aromatic heterocycles. The molecule has 3 rings (SSSR count). The number of pyridine rings is 1. The maximum absolute atomic E-state index is 12.3. The van der Waals surface area contributed by atoms with Crippen LogP contribution < -0.4 is 4.74 Å². The zero-order valence-electron chi connectivity index (χ0n) is 12.3. The van der Waals surface area contributed by atoms with Gasteiger partial charge < -0.3 is 9.64 Å². The number of hydrogen-bond donors (Lipinski definition) is 0. The van der Waals surface area contributed by atoms with Gasteiger partial charge in [-0.05, 0) is 30.9 Å². The van der Waals surface area contributed by atoms with Crippen LogP contribution in [0.25, 0.3) is 0 Å². The van der Waals surface area contributed by atoms with Crippen molar-refractivity contribution in [3.05, 3.63) is 36.7 Å². The lowest BCUT2D eigenvalue weighted by atomic mass is 10.0. The fraction of sp³-hybridized carbons (Fsp3) is 0.529. The normalized spacial score (nSPS) is 22.5. The Bertz CT molecular complexity index is 493. The summed E-state index contributed by atoms with van der Waals surface area (Å²) in [7, 11) is 0. The predicted molar refractivity (Wildman–Crippen MR) is 80.9 cm³/mol. The molecule has 2 aliphatic rings. The SMILES string of the molecule is O=C(C[C@H]1C=CCC1)N1CCC(Oc2ccncc2)CC1. The molecule has 0 bridgehead atoms. The van der Waals surface area contributed by atoms with Gasteiger partial charge in [0.25, 0.3) is 0 Å². The first-order chi connectivity index (χ1) is 10.3. The summed E-state index contributed by atoms with van der Waals surface area (Å²) < 4.78 is 5.93. The van der Waals surface area contributed by atoms with Gasteiger partial charge in [-0.1, -0.05) is 12.2 Å². The number of carbonyl (C=O) groups is 1. The molecule has 1 saturated heterocycles. The molecular weight excluding hydrogens is 264 g/mol. The van der Waals surface area contributed by atoms with Gasteiger partial charge in [0, 0.05) is 44.7 Å².